The van der Waals surface area contributed by atoms with Crippen molar-refractivity contribution in [1.29, 1.82) is 0 Å². The molecule has 2 aromatic carbocycles. The first kappa shape index (κ1) is 30.8. The Bertz CT molecular complexity index is 1830. The third-order valence-corrected chi connectivity index (χ3v) is 13.4. The van der Waals surface area contributed by atoms with E-state index >= 15 is 0 Å². The summed E-state index contributed by atoms with van der Waals surface area (Å²) in [6.07, 6.45) is 10.9. The van der Waals surface area contributed by atoms with E-state index in [1.165, 1.54) is 31.5 Å². The lowest BCUT2D eigenvalue weighted by Gasteiger charge is -2.57. The van der Waals surface area contributed by atoms with Gasteiger partial charge in [0, 0.05) is 42.7 Å². The molecule has 3 aromatic rings. The van der Waals surface area contributed by atoms with Crippen LogP contribution in [-0.2, 0) is 26.1 Å². The highest BCUT2D eigenvalue weighted by molar-refractivity contribution is 9.09. The van der Waals surface area contributed by atoms with Crippen LogP contribution >= 0.6 is 15.9 Å². The molecule has 47 heavy (non-hydrogen) atoms. The first-order chi connectivity index (χ1) is 22.6. The normalized spacial score (nSPS) is 31.8. The molecule has 3 atom stereocenters. The van der Waals surface area contributed by atoms with Gasteiger partial charge in [0.05, 0.1) is 16.3 Å². The Balaban J connectivity index is 0.939. The maximum Gasteiger partial charge on any atom is 0.339 e. The number of alkyl halides is 1. The number of benzene rings is 2. The third kappa shape index (κ3) is 5.50. The molecule has 0 radical (unpaired) electrons. The number of rotatable bonds is 7. The van der Waals surface area contributed by atoms with Gasteiger partial charge in [0.1, 0.15) is 16.7 Å². The highest BCUT2D eigenvalue weighted by Crippen LogP contribution is 2.60. The van der Waals surface area contributed by atoms with Gasteiger partial charge in [-0.3, -0.25) is 19.9 Å². The molecule has 9 rings (SSSR count). The largest absolute Gasteiger partial charge is 0.379 e. The number of hydrogen-bond acceptors (Lipinski definition) is 7. The molecule has 0 spiro atoms. The smallest absolute Gasteiger partial charge is 0.339 e. The van der Waals surface area contributed by atoms with Crippen molar-refractivity contribution in [3.8, 4) is 5.75 Å². The van der Waals surface area contributed by atoms with E-state index in [1.54, 1.807) is 53.6 Å². The highest BCUT2D eigenvalue weighted by atomic mass is 79.9. The van der Waals surface area contributed by atoms with Crippen LogP contribution in [0.5, 0.6) is 5.75 Å². The van der Waals surface area contributed by atoms with Crippen molar-refractivity contribution < 1.29 is 27.0 Å². The van der Waals surface area contributed by atoms with Gasteiger partial charge in [-0.1, -0.05) is 40.2 Å². The molecule has 4 saturated carbocycles. The summed E-state index contributed by atoms with van der Waals surface area (Å²) in [6, 6.07) is 11.7. The topological polar surface area (TPSA) is 126 Å². The minimum absolute atomic E-state index is 0.0493. The van der Waals surface area contributed by atoms with Gasteiger partial charge in [0.25, 0.3) is 5.91 Å². The fraction of sp³-hybridized carbons (Fsp3) is 0.486. The predicted octanol–water partition coefficient (Wildman–Crippen LogP) is 5.05. The molecule has 1 aromatic heterocycles. The molecular weight excluding hydrogens is 684 g/mol. The van der Waals surface area contributed by atoms with Crippen molar-refractivity contribution in [2.45, 2.75) is 73.2 Å². The average molecular weight is 722 g/mol. The molecule has 4 amide bonds. The van der Waals surface area contributed by atoms with E-state index in [0.29, 0.717) is 53.9 Å². The number of pyridine rings is 1. The summed E-state index contributed by atoms with van der Waals surface area (Å²) in [4.78, 5) is 47.7. The number of carbonyl (C=O) groups excluding carboxylic acids is 3. The van der Waals surface area contributed by atoms with Crippen LogP contribution in [0.25, 0.3) is 10.8 Å². The summed E-state index contributed by atoms with van der Waals surface area (Å²) in [5.74, 6) is 2.13. The Morgan fingerprint density at radius 1 is 1.00 bits per heavy atom. The minimum atomic E-state index is -4.12. The van der Waals surface area contributed by atoms with Crippen LogP contribution in [0.15, 0.2) is 65.8 Å². The van der Waals surface area contributed by atoms with Crippen LogP contribution in [0.1, 0.15) is 50.5 Å². The van der Waals surface area contributed by atoms with Gasteiger partial charge in [-0.25, -0.2) is 4.79 Å². The molecule has 6 aliphatic rings. The van der Waals surface area contributed by atoms with E-state index < -0.39 is 22.2 Å². The Hall–Kier alpha value is -3.51. The number of nitrogens with zero attached hydrogens (tertiary/aromatic N) is 3. The predicted molar refractivity (Wildman–Crippen MR) is 177 cm³/mol. The van der Waals surface area contributed by atoms with Crippen LogP contribution in [0.4, 0.5) is 4.79 Å². The number of likely N-dealkylation sites (tertiary alicyclic amines) is 1. The maximum atomic E-state index is 14.0. The van der Waals surface area contributed by atoms with Crippen LogP contribution < -0.4 is 9.50 Å². The van der Waals surface area contributed by atoms with E-state index in [2.05, 4.69) is 26.2 Å². The number of piperidine rings is 1. The monoisotopic (exact) mass is 720 g/mol. The molecule has 4 bridgehead atoms. The number of fused-ring (bicyclic) bond motifs is 1. The highest BCUT2D eigenvalue weighted by Gasteiger charge is 2.56. The van der Waals surface area contributed by atoms with Crippen LogP contribution in [0.2, 0.25) is 0 Å². The Morgan fingerprint density at radius 3 is 2.38 bits per heavy atom. The second-order valence-corrected chi connectivity index (χ2v) is 17.0. The van der Waals surface area contributed by atoms with E-state index in [1.807, 2.05) is 4.90 Å². The van der Waals surface area contributed by atoms with Gasteiger partial charge >= 0.3 is 16.1 Å². The van der Waals surface area contributed by atoms with Crippen LogP contribution in [0.3, 0.4) is 0 Å². The van der Waals surface area contributed by atoms with Gasteiger partial charge in [0.2, 0.25) is 5.91 Å². The Kier molecular flexibility index (Phi) is 7.59. The van der Waals surface area contributed by atoms with E-state index in [0.717, 1.165) is 24.8 Å². The van der Waals surface area contributed by atoms with E-state index in [-0.39, 0.29) is 39.3 Å². The van der Waals surface area contributed by atoms with Crippen LogP contribution in [-0.4, -0.2) is 71.0 Å². The summed E-state index contributed by atoms with van der Waals surface area (Å²) in [6.45, 7) is 1.06. The number of urea groups is 1. The van der Waals surface area contributed by atoms with Gasteiger partial charge in [0.15, 0.2) is 0 Å². The SMILES string of the molecule is O=C1NC(=O)N(C2CCN(C(=O)C34CC5CC(CC(C5)C3)C4)CC2Br)C1Cc1ccc(OS(=O)(=O)c2cccc3cnccc23)cc1. The lowest BCUT2D eigenvalue weighted by molar-refractivity contribution is -0.159. The van der Waals surface area contributed by atoms with Gasteiger partial charge in [-0.05, 0) is 92.5 Å². The Labute approximate surface area is 282 Å². The van der Waals surface area contributed by atoms with E-state index in [9.17, 15) is 22.8 Å². The summed E-state index contributed by atoms with van der Waals surface area (Å²) >= 11 is 3.81. The number of carbonyl (C=O) groups is 3. The van der Waals surface area contributed by atoms with Crippen molar-refractivity contribution in [3.63, 3.8) is 0 Å². The molecule has 3 heterocycles. The molecule has 3 unspecified atom stereocenters. The molecule has 246 valence electrons. The van der Waals surface area contributed by atoms with E-state index in [4.69, 9.17) is 4.18 Å². The third-order valence-electron chi connectivity index (χ3n) is 11.2. The first-order valence-corrected chi connectivity index (χ1v) is 18.8. The number of nitrogens with one attached hydrogen (secondary N) is 1. The lowest BCUT2D eigenvalue weighted by Crippen LogP contribution is -2.60. The zero-order valence-corrected chi connectivity index (χ0v) is 28.3. The second-order valence-electron chi connectivity index (χ2n) is 14.3. The van der Waals surface area contributed by atoms with Gasteiger partial charge in [-0.15, -0.1) is 0 Å². The number of amides is 4. The molecule has 1 N–H and O–H groups in total. The molecular formula is C35H37BrN4O6S. The molecule has 12 heteroatoms. The number of imide groups is 1. The summed E-state index contributed by atoms with van der Waals surface area (Å²) in [7, 11) is -4.12. The van der Waals surface area contributed by atoms with Crippen molar-refractivity contribution >= 4 is 54.7 Å². The van der Waals surface area contributed by atoms with Gasteiger partial charge < -0.3 is 14.0 Å². The minimum Gasteiger partial charge on any atom is -0.379 e. The summed E-state index contributed by atoms with van der Waals surface area (Å²) in [5.41, 5.74) is 0.547. The molecule has 2 aliphatic heterocycles. The zero-order valence-electron chi connectivity index (χ0n) is 25.9. The van der Waals surface area contributed by atoms with Crippen molar-refractivity contribution in [2.75, 3.05) is 13.1 Å². The van der Waals surface area contributed by atoms with Crippen LogP contribution in [0, 0.1) is 23.2 Å². The van der Waals surface area contributed by atoms with Crippen molar-refractivity contribution in [1.82, 2.24) is 20.1 Å². The zero-order chi connectivity index (χ0) is 32.5. The fourth-order valence-corrected chi connectivity index (χ4v) is 11.6. The molecule has 4 aliphatic carbocycles. The standard InChI is InChI=1S/C35H37BrN4O6S/c36-28-20-39(33(42)35-16-22-12-23(17-35)14-24(13-22)18-35)11-9-29(28)40-30(32(41)38-34(40)43)15-21-4-6-26(7-5-21)46-47(44,45)31-3-1-2-25-19-37-10-8-27(25)31/h1-8,10,19,22-24,28-30H,9,11-18,20H2,(H,38,41,43). The van der Waals surface area contributed by atoms with Crippen molar-refractivity contribution in [2.24, 2.45) is 23.2 Å². The lowest BCUT2D eigenvalue weighted by atomic mass is 9.49. The Morgan fingerprint density at radius 2 is 1.70 bits per heavy atom. The second kappa shape index (κ2) is 11.6. The number of halogens is 1. The molecule has 6 fully saturated rings. The number of aromatic nitrogens is 1. The summed E-state index contributed by atoms with van der Waals surface area (Å²) < 4.78 is 31.8. The molecule has 10 nitrogen and oxygen atoms in total. The van der Waals surface area contributed by atoms with Crippen molar-refractivity contribution in [3.05, 3.63) is 66.5 Å². The fourth-order valence-electron chi connectivity index (χ4n) is 9.58. The maximum absolute atomic E-state index is 14.0. The average Bonchev–Trinajstić information content (AvgIpc) is 3.32. The number of hydrogen-bond donors (Lipinski definition) is 1. The first-order valence-electron chi connectivity index (χ1n) is 16.5. The summed E-state index contributed by atoms with van der Waals surface area (Å²) in [5, 5.41) is 3.70. The molecule has 2 saturated heterocycles. The van der Waals surface area contributed by atoms with Gasteiger partial charge in [-0.2, -0.15) is 8.42 Å². The quantitative estimate of drug-likeness (QED) is 0.206.